The summed E-state index contributed by atoms with van der Waals surface area (Å²) in [6.07, 6.45) is 3.32. The Morgan fingerprint density at radius 1 is 1.20 bits per heavy atom. The van der Waals surface area contributed by atoms with Gasteiger partial charge >= 0.3 is 7.12 Å². The Balaban J connectivity index is 2.12. The number of quaternary nitrogens is 1. The van der Waals surface area contributed by atoms with Crippen molar-refractivity contribution in [1.29, 1.82) is 0 Å². The van der Waals surface area contributed by atoms with Gasteiger partial charge in [-0.05, 0) is 39.2 Å². The average Bonchev–Trinajstić information content (AvgIpc) is 2.38. The topological polar surface area (TPSA) is 35.1 Å². The van der Waals surface area contributed by atoms with E-state index >= 15 is 0 Å². The van der Waals surface area contributed by atoms with Crippen LogP contribution < -0.4 is 5.32 Å². The summed E-state index contributed by atoms with van der Waals surface area (Å²) in [5.74, 6) is 0. The molecule has 0 spiro atoms. The van der Waals surface area contributed by atoms with Gasteiger partial charge in [-0.25, -0.2) is 0 Å². The molecule has 0 aliphatic carbocycles. The molecule has 0 unspecified atom stereocenters. The highest BCUT2D eigenvalue weighted by Gasteiger charge is 2.52. The van der Waals surface area contributed by atoms with Crippen LogP contribution in [0.1, 0.15) is 34.1 Å². The van der Waals surface area contributed by atoms with Crippen molar-refractivity contribution < 1.29 is 14.6 Å². The molecular weight excluding hydrogens is 189 g/mol. The van der Waals surface area contributed by atoms with E-state index in [0.29, 0.717) is 0 Å². The van der Waals surface area contributed by atoms with Crippen LogP contribution in [0.4, 0.5) is 0 Å². The Hall–Kier alpha value is -0.315. The van der Waals surface area contributed by atoms with Gasteiger partial charge in [0.15, 0.2) is 0 Å². The maximum absolute atomic E-state index is 6.00. The minimum Gasteiger partial charge on any atom is -0.400 e. The molecule has 0 saturated carbocycles. The number of rotatable bonds is 1. The molecule has 0 aromatic heterocycles. The van der Waals surface area contributed by atoms with Crippen molar-refractivity contribution >= 4 is 7.12 Å². The molecule has 1 saturated heterocycles. The molecule has 0 bridgehead atoms. The molecule has 84 valence electrons. The first kappa shape index (κ1) is 11.2. The van der Waals surface area contributed by atoms with Crippen LogP contribution in [0.2, 0.25) is 0 Å². The predicted octanol–water partition coefficient (Wildman–Crippen LogP) is 0.511. The SMILES string of the molecule is CC1(C)OB(C2=CC[NH2+]CC2)OC1(C)C. The second-order valence-electron chi connectivity index (χ2n) is 5.43. The maximum Gasteiger partial charge on any atom is 0.490 e. The molecule has 0 aromatic rings. The zero-order chi connectivity index (χ0) is 11.1. The second-order valence-corrected chi connectivity index (χ2v) is 5.43. The minimum absolute atomic E-state index is 0.122. The van der Waals surface area contributed by atoms with Gasteiger partial charge in [-0.1, -0.05) is 0 Å². The third-order valence-electron chi connectivity index (χ3n) is 3.74. The molecule has 3 nitrogen and oxygen atoms in total. The van der Waals surface area contributed by atoms with E-state index in [4.69, 9.17) is 9.31 Å². The Morgan fingerprint density at radius 3 is 2.27 bits per heavy atom. The van der Waals surface area contributed by atoms with Crippen LogP contribution in [0, 0.1) is 0 Å². The van der Waals surface area contributed by atoms with Crippen LogP contribution in [0.15, 0.2) is 11.5 Å². The van der Waals surface area contributed by atoms with E-state index in [0.717, 1.165) is 19.5 Å². The van der Waals surface area contributed by atoms with E-state index in [9.17, 15) is 0 Å². The van der Waals surface area contributed by atoms with Gasteiger partial charge in [-0.2, -0.15) is 0 Å². The summed E-state index contributed by atoms with van der Waals surface area (Å²) in [7, 11) is -0.122. The van der Waals surface area contributed by atoms with Gasteiger partial charge in [0.25, 0.3) is 0 Å². The standard InChI is InChI=1S/C11H20BNO2/c1-10(2)11(3,4)15-12(14-10)9-5-7-13-8-6-9/h5,13H,6-8H2,1-4H3/p+1. The minimum atomic E-state index is -0.209. The van der Waals surface area contributed by atoms with Crippen molar-refractivity contribution in [3.05, 3.63) is 11.5 Å². The first-order chi connectivity index (χ1) is 6.92. The normalized spacial score (nSPS) is 29.1. The molecule has 2 aliphatic heterocycles. The maximum atomic E-state index is 6.00. The van der Waals surface area contributed by atoms with E-state index in [-0.39, 0.29) is 18.3 Å². The summed E-state index contributed by atoms with van der Waals surface area (Å²) in [6, 6.07) is 0. The fourth-order valence-corrected chi connectivity index (χ4v) is 1.93. The lowest BCUT2D eigenvalue weighted by Crippen LogP contribution is -2.85. The Labute approximate surface area is 92.4 Å². The van der Waals surface area contributed by atoms with Crippen LogP contribution in [0.3, 0.4) is 0 Å². The van der Waals surface area contributed by atoms with Crippen molar-refractivity contribution in [2.45, 2.75) is 45.3 Å². The molecule has 0 atom stereocenters. The highest BCUT2D eigenvalue weighted by molar-refractivity contribution is 6.54. The summed E-state index contributed by atoms with van der Waals surface area (Å²) < 4.78 is 12.0. The van der Waals surface area contributed by atoms with Crippen molar-refractivity contribution in [3.63, 3.8) is 0 Å². The molecule has 2 heterocycles. The Kier molecular flexibility index (Phi) is 2.69. The number of nitrogens with two attached hydrogens (primary N) is 1. The quantitative estimate of drug-likeness (QED) is 0.640. The van der Waals surface area contributed by atoms with E-state index in [1.54, 1.807) is 0 Å². The third kappa shape index (κ3) is 1.98. The van der Waals surface area contributed by atoms with Gasteiger partial charge in [0, 0.05) is 6.42 Å². The second kappa shape index (κ2) is 3.61. The molecule has 1 fully saturated rings. The monoisotopic (exact) mass is 210 g/mol. The van der Waals surface area contributed by atoms with Crippen molar-refractivity contribution in [2.75, 3.05) is 13.1 Å². The van der Waals surface area contributed by atoms with Crippen LogP contribution in [-0.2, 0) is 9.31 Å². The van der Waals surface area contributed by atoms with E-state index in [1.807, 2.05) is 0 Å². The molecule has 4 heteroatoms. The summed E-state index contributed by atoms with van der Waals surface area (Å²) in [5, 5.41) is 2.30. The van der Waals surface area contributed by atoms with E-state index in [1.165, 1.54) is 5.47 Å². The van der Waals surface area contributed by atoms with Gasteiger partial charge < -0.3 is 14.6 Å². The van der Waals surface area contributed by atoms with Gasteiger partial charge in [0.2, 0.25) is 0 Å². The van der Waals surface area contributed by atoms with Gasteiger partial charge in [0.1, 0.15) is 0 Å². The molecule has 2 rings (SSSR count). The van der Waals surface area contributed by atoms with Crippen LogP contribution >= 0.6 is 0 Å². The molecule has 15 heavy (non-hydrogen) atoms. The largest absolute Gasteiger partial charge is 0.490 e. The highest BCUT2D eigenvalue weighted by Crippen LogP contribution is 2.38. The van der Waals surface area contributed by atoms with Crippen molar-refractivity contribution in [1.82, 2.24) is 0 Å². The van der Waals surface area contributed by atoms with Gasteiger partial charge in [-0.15, -0.1) is 0 Å². The smallest absolute Gasteiger partial charge is 0.400 e. The molecule has 0 aromatic carbocycles. The molecule has 0 amide bonds. The zero-order valence-corrected chi connectivity index (χ0v) is 10.2. The molecule has 2 aliphatic rings. The zero-order valence-electron chi connectivity index (χ0n) is 10.2. The fraction of sp³-hybridized carbons (Fsp3) is 0.818. The number of hydrogen-bond acceptors (Lipinski definition) is 2. The van der Waals surface area contributed by atoms with E-state index in [2.05, 4.69) is 39.1 Å². The Bertz CT molecular complexity index is 270. The summed E-state index contributed by atoms with van der Waals surface area (Å²) in [6.45, 7) is 10.6. The first-order valence-corrected chi connectivity index (χ1v) is 5.79. The average molecular weight is 210 g/mol. The summed E-state index contributed by atoms with van der Waals surface area (Å²) in [4.78, 5) is 0. The van der Waals surface area contributed by atoms with E-state index < -0.39 is 0 Å². The molecule has 2 N–H and O–H groups in total. The number of hydrogen-bond donors (Lipinski definition) is 1. The van der Waals surface area contributed by atoms with Crippen LogP contribution in [0.5, 0.6) is 0 Å². The van der Waals surface area contributed by atoms with Crippen molar-refractivity contribution in [2.24, 2.45) is 0 Å². The van der Waals surface area contributed by atoms with Gasteiger partial charge in [0.05, 0.1) is 24.3 Å². The fourth-order valence-electron chi connectivity index (χ4n) is 1.93. The summed E-state index contributed by atoms with van der Waals surface area (Å²) >= 11 is 0. The highest BCUT2D eigenvalue weighted by atomic mass is 16.7. The Morgan fingerprint density at radius 2 is 1.80 bits per heavy atom. The summed E-state index contributed by atoms with van der Waals surface area (Å²) in [5.41, 5.74) is 0.899. The third-order valence-corrected chi connectivity index (χ3v) is 3.74. The lowest BCUT2D eigenvalue weighted by molar-refractivity contribution is -0.647. The van der Waals surface area contributed by atoms with Crippen LogP contribution in [0.25, 0.3) is 0 Å². The van der Waals surface area contributed by atoms with Crippen LogP contribution in [-0.4, -0.2) is 31.4 Å². The molecule has 0 radical (unpaired) electrons. The molecular formula is C11H21BNO2+. The predicted molar refractivity (Wildman–Crippen MR) is 60.4 cm³/mol. The first-order valence-electron chi connectivity index (χ1n) is 5.79. The van der Waals surface area contributed by atoms with Crippen molar-refractivity contribution in [3.8, 4) is 0 Å². The lowest BCUT2D eigenvalue weighted by atomic mass is 9.75. The van der Waals surface area contributed by atoms with Gasteiger partial charge in [-0.3, -0.25) is 0 Å². The lowest BCUT2D eigenvalue weighted by Gasteiger charge is -2.32.